The summed E-state index contributed by atoms with van der Waals surface area (Å²) in [6.45, 7) is 4.46. The Morgan fingerprint density at radius 3 is 2.35 bits per heavy atom. The van der Waals surface area contributed by atoms with E-state index in [1.54, 1.807) is 7.05 Å². The van der Waals surface area contributed by atoms with E-state index in [1.807, 2.05) is 0 Å². The van der Waals surface area contributed by atoms with Crippen LogP contribution < -0.4 is 0 Å². The summed E-state index contributed by atoms with van der Waals surface area (Å²) < 4.78 is 30.5. The second kappa shape index (κ2) is 6.89. The molecule has 1 fully saturated rings. The van der Waals surface area contributed by atoms with Crippen LogP contribution in [0.15, 0.2) is 0 Å². The number of carbonyl (C=O) groups is 1. The normalized spacial score (nSPS) is 20.1. The first-order valence-corrected chi connectivity index (χ1v) is 8.81. The molecule has 0 atom stereocenters. The molecule has 0 aromatic rings. The number of esters is 1. The van der Waals surface area contributed by atoms with Crippen LogP contribution in [-0.2, 0) is 19.6 Å². The van der Waals surface area contributed by atoms with Crippen molar-refractivity contribution >= 4 is 16.0 Å². The SMILES string of the molecule is COC(=O)CCCS(=O)(=O)N(C)C1CCC(C)(C)CC1. The van der Waals surface area contributed by atoms with E-state index < -0.39 is 10.0 Å². The molecule has 1 rings (SSSR count). The van der Waals surface area contributed by atoms with E-state index in [4.69, 9.17) is 0 Å². The zero-order valence-corrected chi connectivity index (χ0v) is 13.8. The summed E-state index contributed by atoms with van der Waals surface area (Å²) in [4.78, 5) is 11.0. The molecule has 0 aromatic heterocycles. The van der Waals surface area contributed by atoms with E-state index in [1.165, 1.54) is 11.4 Å². The van der Waals surface area contributed by atoms with E-state index in [9.17, 15) is 13.2 Å². The molecule has 0 bridgehead atoms. The molecule has 0 aliphatic heterocycles. The number of nitrogens with zero attached hydrogens (tertiary/aromatic N) is 1. The average molecular weight is 305 g/mol. The smallest absolute Gasteiger partial charge is 0.305 e. The van der Waals surface area contributed by atoms with Gasteiger partial charge in [0.05, 0.1) is 12.9 Å². The minimum Gasteiger partial charge on any atom is -0.469 e. The molecule has 0 amide bonds. The quantitative estimate of drug-likeness (QED) is 0.706. The maximum absolute atomic E-state index is 12.2. The summed E-state index contributed by atoms with van der Waals surface area (Å²) in [7, 11) is -0.300. The van der Waals surface area contributed by atoms with Gasteiger partial charge in [-0.15, -0.1) is 0 Å². The first kappa shape index (κ1) is 17.4. The van der Waals surface area contributed by atoms with E-state index in [0.717, 1.165) is 25.7 Å². The van der Waals surface area contributed by atoms with Crippen molar-refractivity contribution in [3.63, 3.8) is 0 Å². The molecule has 118 valence electrons. The van der Waals surface area contributed by atoms with Crippen LogP contribution in [0, 0.1) is 5.41 Å². The van der Waals surface area contributed by atoms with Crippen LogP contribution in [0.4, 0.5) is 0 Å². The Hall–Kier alpha value is -0.620. The van der Waals surface area contributed by atoms with Gasteiger partial charge in [-0.05, 0) is 37.5 Å². The fourth-order valence-electron chi connectivity index (χ4n) is 2.62. The lowest BCUT2D eigenvalue weighted by Gasteiger charge is -2.38. The molecule has 0 unspecified atom stereocenters. The standard InChI is InChI=1S/C14H27NO4S/c1-14(2)9-7-12(8-10-14)15(3)20(17,18)11-5-6-13(16)19-4/h12H,5-11H2,1-4H3. The number of carbonyl (C=O) groups excluding carboxylic acids is 1. The number of rotatable bonds is 6. The van der Waals surface area contributed by atoms with Gasteiger partial charge >= 0.3 is 5.97 Å². The average Bonchev–Trinajstić information content (AvgIpc) is 2.37. The third kappa shape index (κ3) is 5.05. The molecule has 5 nitrogen and oxygen atoms in total. The second-order valence-corrected chi connectivity index (χ2v) is 8.56. The summed E-state index contributed by atoms with van der Waals surface area (Å²) in [6, 6.07) is 0.103. The van der Waals surface area contributed by atoms with Crippen LogP contribution in [0.1, 0.15) is 52.4 Å². The predicted molar refractivity (Wildman–Crippen MR) is 78.8 cm³/mol. The molecule has 6 heteroatoms. The van der Waals surface area contributed by atoms with Crippen molar-refractivity contribution in [2.45, 2.75) is 58.4 Å². The van der Waals surface area contributed by atoms with Crippen molar-refractivity contribution in [1.82, 2.24) is 4.31 Å². The van der Waals surface area contributed by atoms with E-state index in [2.05, 4.69) is 18.6 Å². The first-order chi connectivity index (χ1) is 9.18. The largest absolute Gasteiger partial charge is 0.469 e. The molecule has 0 aromatic carbocycles. The maximum Gasteiger partial charge on any atom is 0.305 e. The number of sulfonamides is 1. The number of hydrogen-bond donors (Lipinski definition) is 0. The molecule has 0 spiro atoms. The van der Waals surface area contributed by atoms with Crippen LogP contribution in [0.25, 0.3) is 0 Å². The molecule has 0 heterocycles. The summed E-state index contributed by atoms with van der Waals surface area (Å²) in [5.41, 5.74) is 0.325. The number of methoxy groups -OCH3 is 1. The molecule has 1 aliphatic rings. The van der Waals surface area contributed by atoms with Gasteiger partial charge in [0.15, 0.2) is 0 Å². The highest BCUT2D eigenvalue weighted by atomic mass is 32.2. The van der Waals surface area contributed by atoms with Crippen molar-refractivity contribution in [2.75, 3.05) is 19.9 Å². The summed E-state index contributed by atoms with van der Waals surface area (Å²) in [6.07, 6.45) is 4.41. The summed E-state index contributed by atoms with van der Waals surface area (Å²) >= 11 is 0. The van der Waals surface area contributed by atoms with Gasteiger partial charge in [0.1, 0.15) is 0 Å². The third-order valence-corrected chi connectivity index (χ3v) is 6.25. The predicted octanol–water partition coefficient (Wildman–Crippen LogP) is 2.17. The molecule has 20 heavy (non-hydrogen) atoms. The fraction of sp³-hybridized carbons (Fsp3) is 0.929. The number of ether oxygens (including phenoxy) is 1. The van der Waals surface area contributed by atoms with Gasteiger partial charge in [0.2, 0.25) is 10.0 Å². The zero-order chi connectivity index (χ0) is 15.4. The Labute approximate surface area is 122 Å². The van der Waals surface area contributed by atoms with Crippen LogP contribution in [0.5, 0.6) is 0 Å². The molecule has 0 radical (unpaired) electrons. The molecule has 0 N–H and O–H groups in total. The lowest BCUT2D eigenvalue weighted by Crippen LogP contribution is -2.41. The second-order valence-electron chi connectivity index (χ2n) is 6.41. The van der Waals surface area contributed by atoms with Gasteiger partial charge in [0, 0.05) is 19.5 Å². The van der Waals surface area contributed by atoms with E-state index >= 15 is 0 Å². The Morgan fingerprint density at radius 1 is 1.30 bits per heavy atom. The Morgan fingerprint density at radius 2 is 1.85 bits per heavy atom. The van der Waals surface area contributed by atoms with Crippen molar-refractivity contribution in [1.29, 1.82) is 0 Å². The van der Waals surface area contributed by atoms with Crippen molar-refractivity contribution < 1.29 is 17.9 Å². The van der Waals surface area contributed by atoms with Gasteiger partial charge < -0.3 is 4.74 Å². The fourth-order valence-corrected chi connectivity index (χ4v) is 4.08. The van der Waals surface area contributed by atoms with E-state index in [0.29, 0.717) is 11.8 Å². The van der Waals surface area contributed by atoms with Crippen LogP contribution in [0.2, 0.25) is 0 Å². The van der Waals surface area contributed by atoms with Gasteiger partial charge in [-0.1, -0.05) is 13.8 Å². The van der Waals surface area contributed by atoms with Gasteiger partial charge in [-0.25, -0.2) is 12.7 Å². The lowest BCUT2D eigenvalue weighted by atomic mass is 9.76. The third-order valence-electron chi connectivity index (χ3n) is 4.27. The molecule has 0 saturated heterocycles. The highest BCUT2D eigenvalue weighted by molar-refractivity contribution is 7.89. The first-order valence-electron chi connectivity index (χ1n) is 7.20. The lowest BCUT2D eigenvalue weighted by molar-refractivity contribution is -0.140. The van der Waals surface area contributed by atoms with Gasteiger partial charge in [0.25, 0.3) is 0 Å². The summed E-state index contributed by atoms with van der Waals surface area (Å²) in [5.74, 6) is -0.347. The Balaban J connectivity index is 2.49. The van der Waals surface area contributed by atoms with Gasteiger partial charge in [-0.2, -0.15) is 0 Å². The minimum atomic E-state index is -3.28. The zero-order valence-electron chi connectivity index (χ0n) is 13.0. The molecule has 1 aliphatic carbocycles. The van der Waals surface area contributed by atoms with Crippen molar-refractivity contribution in [3.8, 4) is 0 Å². The molecule has 1 saturated carbocycles. The van der Waals surface area contributed by atoms with Crippen LogP contribution in [-0.4, -0.2) is 44.6 Å². The summed E-state index contributed by atoms with van der Waals surface area (Å²) in [5, 5.41) is 0. The highest BCUT2D eigenvalue weighted by Gasteiger charge is 2.33. The van der Waals surface area contributed by atoms with Crippen molar-refractivity contribution in [3.05, 3.63) is 0 Å². The van der Waals surface area contributed by atoms with Crippen LogP contribution >= 0.6 is 0 Å². The molecular formula is C14H27NO4S. The van der Waals surface area contributed by atoms with Crippen molar-refractivity contribution in [2.24, 2.45) is 5.41 Å². The maximum atomic E-state index is 12.2. The monoisotopic (exact) mass is 305 g/mol. The van der Waals surface area contributed by atoms with Crippen LogP contribution in [0.3, 0.4) is 0 Å². The van der Waals surface area contributed by atoms with E-state index in [-0.39, 0.29) is 24.2 Å². The molecular weight excluding hydrogens is 278 g/mol. The van der Waals surface area contributed by atoms with Gasteiger partial charge in [-0.3, -0.25) is 4.79 Å². The Kier molecular flexibility index (Phi) is 6.01. The Bertz CT molecular complexity index is 420. The topological polar surface area (TPSA) is 63.7 Å². The highest BCUT2D eigenvalue weighted by Crippen LogP contribution is 2.37. The minimum absolute atomic E-state index is 0.0124. The number of hydrogen-bond acceptors (Lipinski definition) is 4.